The highest BCUT2D eigenvalue weighted by Gasteiger charge is 2.06. The first-order valence-electron chi connectivity index (χ1n) is 10.3. The van der Waals surface area contributed by atoms with Crippen molar-refractivity contribution in [2.45, 2.75) is 15.5 Å². The summed E-state index contributed by atoms with van der Waals surface area (Å²) in [7, 11) is 0. The van der Waals surface area contributed by atoms with Gasteiger partial charge in [0.2, 0.25) is 0 Å². The Balaban J connectivity index is 1.49. The third-order valence-corrected chi connectivity index (χ3v) is 6.27. The Morgan fingerprint density at radius 1 is 0.394 bits per heavy atom. The summed E-state index contributed by atoms with van der Waals surface area (Å²) < 4.78 is 0. The van der Waals surface area contributed by atoms with Gasteiger partial charge in [-0.1, -0.05) is 126 Å². The van der Waals surface area contributed by atoms with Crippen LogP contribution in [0.2, 0.25) is 0 Å². The monoisotopic (exact) mass is 483 g/mol. The molecule has 4 aromatic rings. The summed E-state index contributed by atoms with van der Waals surface area (Å²) in [5.41, 5.74) is 3.42. The van der Waals surface area contributed by atoms with Gasteiger partial charge in [0.15, 0.2) is 15.5 Å². The summed E-state index contributed by atoms with van der Waals surface area (Å²) in [6.07, 6.45) is 6.16. The van der Waals surface area contributed by atoms with Gasteiger partial charge in [-0.05, 0) is 51.1 Å². The van der Waals surface area contributed by atoms with E-state index in [0.717, 1.165) is 16.7 Å². The van der Waals surface area contributed by atoms with Gasteiger partial charge in [-0.15, -0.1) is 0 Å². The number of hydrogen-bond acceptors (Lipinski definition) is 6. The van der Waals surface area contributed by atoms with Gasteiger partial charge in [0.25, 0.3) is 0 Å². The van der Waals surface area contributed by atoms with Crippen LogP contribution in [-0.2, 0) is 0 Å². The van der Waals surface area contributed by atoms with Gasteiger partial charge in [0, 0.05) is 0 Å². The Morgan fingerprint density at radius 2 is 0.667 bits per heavy atom. The van der Waals surface area contributed by atoms with Gasteiger partial charge in [0.1, 0.15) is 0 Å². The zero-order valence-corrected chi connectivity index (χ0v) is 20.1. The Hall–Kier alpha value is -3.06. The molecule has 33 heavy (non-hydrogen) atoms. The van der Waals surface area contributed by atoms with Crippen molar-refractivity contribution >= 4 is 53.5 Å². The molecule has 0 unspecified atom stereocenters. The lowest BCUT2D eigenvalue weighted by atomic mass is 10.2. The SMILES string of the molecule is C(=C\c1ccccc1)/Sc1nc(S/C=C/c2ccccc2)nc(S/C=C/c2ccccc2)n1. The van der Waals surface area contributed by atoms with E-state index in [-0.39, 0.29) is 0 Å². The summed E-state index contributed by atoms with van der Waals surface area (Å²) >= 11 is 4.46. The maximum absolute atomic E-state index is 4.63. The number of rotatable bonds is 9. The van der Waals surface area contributed by atoms with Crippen molar-refractivity contribution in [2.24, 2.45) is 0 Å². The molecule has 0 bridgehead atoms. The first kappa shape index (κ1) is 23.1. The molecule has 0 fully saturated rings. The van der Waals surface area contributed by atoms with Crippen molar-refractivity contribution in [1.29, 1.82) is 0 Å². The molecular formula is C27H21N3S3. The first-order valence-corrected chi connectivity index (χ1v) is 12.9. The zero-order valence-electron chi connectivity index (χ0n) is 17.7. The van der Waals surface area contributed by atoms with Gasteiger partial charge in [-0.25, -0.2) is 0 Å². The lowest BCUT2D eigenvalue weighted by Crippen LogP contribution is -1.95. The molecule has 0 aliphatic carbocycles. The molecule has 162 valence electrons. The van der Waals surface area contributed by atoms with Gasteiger partial charge < -0.3 is 0 Å². The third kappa shape index (κ3) is 8.09. The highest BCUT2D eigenvalue weighted by atomic mass is 32.2. The second-order valence-corrected chi connectivity index (χ2v) is 9.30. The molecule has 0 spiro atoms. The molecule has 0 N–H and O–H groups in total. The lowest BCUT2D eigenvalue weighted by Gasteiger charge is -2.02. The minimum absolute atomic E-state index is 0.670. The molecule has 0 amide bonds. The highest BCUT2D eigenvalue weighted by molar-refractivity contribution is 8.03. The molecule has 0 radical (unpaired) electrons. The number of nitrogens with zero attached hydrogens (tertiary/aromatic N) is 3. The number of hydrogen-bond donors (Lipinski definition) is 0. The van der Waals surface area contributed by atoms with Crippen LogP contribution in [0.1, 0.15) is 16.7 Å². The lowest BCUT2D eigenvalue weighted by molar-refractivity contribution is 0.721. The maximum atomic E-state index is 4.63. The van der Waals surface area contributed by atoms with Gasteiger partial charge in [-0.2, -0.15) is 15.0 Å². The van der Waals surface area contributed by atoms with Crippen LogP contribution in [-0.4, -0.2) is 15.0 Å². The van der Waals surface area contributed by atoms with Crippen LogP contribution >= 0.6 is 35.3 Å². The van der Waals surface area contributed by atoms with Crippen LogP contribution in [0.5, 0.6) is 0 Å². The Morgan fingerprint density at radius 3 is 0.939 bits per heavy atom. The topological polar surface area (TPSA) is 38.7 Å². The fourth-order valence-corrected chi connectivity index (χ4v) is 4.74. The van der Waals surface area contributed by atoms with E-state index in [0.29, 0.717) is 15.5 Å². The molecule has 0 aliphatic rings. The van der Waals surface area contributed by atoms with E-state index in [1.165, 1.54) is 35.3 Å². The van der Waals surface area contributed by atoms with Crippen molar-refractivity contribution in [3.8, 4) is 0 Å². The molecule has 0 saturated carbocycles. The number of aromatic nitrogens is 3. The van der Waals surface area contributed by atoms with E-state index in [2.05, 4.69) is 69.6 Å². The highest BCUT2D eigenvalue weighted by Crippen LogP contribution is 2.26. The van der Waals surface area contributed by atoms with Crippen LogP contribution in [0.15, 0.2) is 123 Å². The largest absolute Gasteiger partial charge is 0.196 e. The average molecular weight is 484 g/mol. The molecule has 3 aromatic carbocycles. The van der Waals surface area contributed by atoms with Gasteiger partial charge in [-0.3, -0.25) is 0 Å². The van der Waals surface area contributed by atoms with Crippen LogP contribution in [0, 0.1) is 0 Å². The Labute approximate surface area is 207 Å². The number of thioether (sulfide) groups is 3. The molecule has 0 saturated heterocycles. The van der Waals surface area contributed by atoms with Crippen LogP contribution in [0.25, 0.3) is 18.2 Å². The quantitative estimate of drug-likeness (QED) is 0.224. The smallest absolute Gasteiger partial charge is 0.196 e. The molecule has 6 heteroatoms. The fraction of sp³-hybridized carbons (Fsp3) is 0. The van der Waals surface area contributed by atoms with Gasteiger partial charge in [0.05, 0.1) is 0 Å². The molecule has 4 rings (SSSR count). The van der Waals surface area contributed by atoms with Crippen molar-refractivity contribution in [2.75, 3.05) is 0 Å². The summed E-state index contributed by atoms with van der Waals surface area (Å²) in [6.45, 7) is 0. The Bertz CT molecular complexity index is 1060. The van der Waals surface area contributed by atoms with Crippen molar-refractivity contribution < 1.29 is 0 Å². The summed E-state index contributed by atoms with van der Waals surface area (Å²) in [6, 6.07) is 30.6. The minimum atomic E-state index is 0.670. The van der Waals surface area contributed by atoms with E-state index >= 15 is 0 Å². The Kier molecular flexibility index (Phi) is 8.99. The molecular weight excluding hydrogens is 463 g/mol. The summed E-state index contributed by atoms with van der Waals surface area (Å²) in [5.74, 6) is 0. The summed E-state index contributed by atoms with van der Waals surface area (Å²) in [4.78, 5) is 13.9. The zero-order chi connectivity index (χ0) is 22.6. The standard InChI is InChI=1S/C27H21N3S3/c1-4-10-22(11-5-1)16-19-31-25-28-26(32-20-17-23-12-6-2-7-13-23)30-27(29-25)33-21-18-24-14-8-3-9-15-24/h1-21H/b19-16+,20-17+,21-18+. The minimum Gasteiger partial charge on any atom is -0.196 e. The van der Waals surface area contributed by atoms with E-state index in [4.69, 9.17) is 0 Å². The molecule has 1 heterocycles. The van der Waals surface area contributed by atoms with Crippen LogP contribution in [0.4, 0.5) is 0 Å². The first-order chi connectivity index (χ1) is 16.3. The van der Waals surface area contributed by atoms with Gasteiger partial charge >= 0.3 is 0 Å². The average Bonchev–Trinajstić information content (AvgIpc) is 2.86. The molecule has 0 aliphatic heterocycles. The molecule has 0 atom stereocenters. The second kappa shape index (κ2) is 12.8. The molecule has 3 nitrogen and oxygen atoms in total. The van der Waals surface area contributed by atoms with E-state index in [1.54, 1.807) is 0 Å². The van der Waals surface area contributed by atoms with Crippen LogP contribution in [0.3, 0.4) is 0 Å². The van der Waals surface area contributed by atoms with Crippen molar-refractivity contribution in [3.05, 3.63) is 124 Å². The van der Waals surface area contributed by atoms with Crippen LogP contribution < -0.4 is 0 Å². The maximum Gasteiger partial charge on any atom is 0.196 e. The van der Waals surface area contributed by atoms with Crippen molar-refractivity contribution in [3.63, 3.8) is 0 Å². The normalized spacial score (nSPS) is 11.6. The predicted molar refractivity (Wildman–Crippen MR) is 144 cm³/mol. The van der Waals surface area contributed by atoms with Crippen molar-refractivity contribution in [1.82, 2.24) is 15.0 Å². The predicted octanol–water partition coefficient (Wildman–Crippen LogP) is 8.16. The van der Waals surface area contributed by atoms with E-state index in [1.807, 2.05) is 70.8 Å². The molecule has 1 aromatic heterocycles. The summed E-state index contributed by atoms with van der Waals surface area (Å²) in [5, 5.41) is 8.03. The van der Waals surface area contributed by atoms with E-state index < -0.39 is 0 Å². The third-order valence-electron chi connectivity index (χ3n) is 4.27. The second-order valence-electron chi connectivity index (χ2n) is 6.68. The van der Waals surface area contributed by atoms with E-state index in [9.17, 15) is 0 Å². The fourth-order valence-electron chi connectivity index (χ4n) is 2.69. The number of benzene rings is 3.